The smallest absolute Gasteiger partial charge is 0.0764 e. The molecule has 0 fully saturated rings. The van der Waals surface area contributed by atoms with E-state index >= 15 is 0 Å². The molecule has 0 saturated heterocycles. The van der Waals surface area contributed by atoms with Crippen LogP contribution >= 0.6 is 0 Å². The highest BCUT2D eigenvalue weighted by atomic mass is 16.3. The Morgan fingerprint density at radius 1 is 1.36 bits per heavy atom. The Morgan fingerprint density at radius 3 is 2.29 bits per heavy atom. The summed E-state index contributed by atoms with van der Waals surface area (Å²) in [6.07, 6.45) is 5.33. The predicted octanol–water partition coefficient (Wildman–Crippen LogP) is 3.39. The molecule has 0 bridgehead atoms. The van der Waals surface area contributed by atoms with Crippen LogP contribution in [0.2, 0.25) is 0 Å². The van der Waals surface area contributed by atoms with Gasteiger partial charge in [-0.25, -0.2) is 0 Å². The lowest BCUT2D eigenvalue weighted by molar-refractivity contribution is 0.224. The molecule has 0 amide bonds. The summed E-state index contributed by atoms with van der Waals surface area (Å²) < 4.78 is 0. The zero-order chi connectivity index (χ0) is 11.1. The van der Waals surface area contributed by atoms with Gasteiger partial charge in [0.1, 0.15) is 0 Å². The fraction of sp³-hybridized carbons (Fsp3) is 0.385. The van der Waals surface area contributed by atoms with Gasteiger partial charge >= 0.3 is 0 Å². The van der Waals surface area contributed by atoms with E-state index in [0.29, 0.717) is 6.42 Å². The second-order valence-electron chi connectivity index (χ2n) is 3.65. The SMILES string of the molecule is C=C/C=C/[C@@H](O)CC(C(=C)C)=C(C)C. The molecule has 0 unspecified atom stereocenters. The Hall–Kier alpha value is -1.08. The van der Waals surface area contributed by atoms with Gasteiger partial charge in [0.25, 0.3) is 0 Å². The molecule has 1 atom stereocenters. The topological polar surface area (TPSA) is 20.2 Å². The molecule has 0 saturated carbocycles. The van der Waals surface area contributed by atoms with E-state index in [9.17, 15) is 5.11 Å². The van der Waals surface area contributed by atoms with E-state index in [1.54, 1.807) is 18.2 Å². The molecule has 0 aromatic heterocycles. The highest BCUT2D eigenvalue weighted by molar-refractivity contribution is 5.31. The van der Waals surface area contributed by atoms with Gasteiger partial charge in [0.05, 0.1) is 6.10 Å². The molecule has 1 nitrogen and oxygen atoms in total. The van der Waals surface area contributed by atoms with Gasteiger partial charge in [-0.05, 0) is 26.3 Å². The third kappa shape index (κ3) is 4.83. The van der Waals surface area contributed by atoms with E-state index in [-0.39, 0.29) is 0 Å². The van der Waals surface area contributed by atoms with E-state index < -0.39 is 6.10 Å². The normalized spacial score (nSPS) is 12.6. The van der Waals surface area contributed by atoms with Crippen molar-refractivity contribution in [1.82, 2.24) is 0 Å². The quantitative estimate of drug-likeness (QED) is 0.662. The van der Waals surface area contributed by atoms with Crippen molar-refractivity contribution in [2.75, 3.05) is 0 Å². The number of aliphatic hydroxyl groups is 1. The van der Waals surface area contributed by atoms with E-state index in [1.165, 1.54) is 5.57 Å². The van der Waals surface area contributed by atoms with Crippen LogP contribution in [0.4, 0.5) is 0 Å². The van der Waals surface area contributed by atoms with Gasteiger partial charge in [-0.2, -0.15) is 0 Å². The third-order valence-electron chi connectivity index (χ3n) is 2.00. The molecule has 78 valence electrons. The van der Waals surface area contributed by atoms with E-state index in [4.69, 9.17) is 0 Å². The largest absolute Gasteiger partial charge is 0.389 e. The summed E-state index contributed by atoms with van der Waals surface area (Å²) in [5.41, 5.74) is 3.38. The van der Waals surface area contributed by atoms with E-state index in [1.807, 2.05) is 20.8 Å². The van der Waals surface area contributed by atoms with Crippen molar-refractivity contribution in [3.8, 4) is 0 Å². The first-order valence-electron chi connectivity index (χ1n) is 4.78. The second kappa shape index (κ2) is 6.39. The zero-order valence-electron chi connectivity index (χ0n) is 9.38. The Kier molecular flexibility index (Phi) is 5.89. The molecule has 0 aliphatic rings. The predicted molar refractivity (Wildman–Crippen MR) is 63.1 cm³/mol. The van der Waals surface area contributed by atoms with Crippen LogP contribution in [0.25, 0.3) is 0 Å². The fourth-order valence-corrected chi connectivity index (χ4v) is 1.29. The fourth-order valence-electron chi connectivity index (χ4n) is 1.29. The summed E-state index contributed by atoms with van der Waals surface area (Å²) in [5, 5.41) is 9.64. The highest BCUT2D eigenvalue weighted by Gasteiger charge is 2.06. The van der Waals surface area contributed by atoms with Crippen molar-refractivity contribution in [2.45, 2.75) is 33.3 Å². The van der Waals surface area contributed by atoms with Crippen molar-refractivity contribution in [3.05, 3.63) is 48.1 Å². The first kappa shape index (κ1) is 12.9. The first-order valence-corrected chi connectivity index (χ1v) is 4.78. The van der Waals surface area contributed by atoms with Crippen LogP contribution in [0.5, 0.6) is 0 Å². The van der Waals surface area contributed by atoms with E-state index in [0.717, 1.165) is 11.1 Å². The van der Waals surface area contributed by atoms with Gasteiger partial charge in [-0.1, -0.05) is 42.5 Å². The monoisotopic (exact) mass is 192 g/mol. The standard InChI is InChI=1S/C13H20O/c1-6-7-8-12(14)9-13(10(2)3)11(4)5/h6-8,12,14H,1-2,9H2,3-5H3/b8-7+/t12-/m1/s1. The highest BCUT2D eigenvalue weighted by Crippen LogP contribution is 2.18. The lowest BCUT2D eigenvalue weighted by Crippen LogP contribution is -2.05. The first-order chi connectivity index (χ1) is 6.49. The Labute approximate surface area is 87.2 Å². The van der Waals surface area contributed by atoms with Crippen LogP contribution in [0.3, 0.4) is 0 Å². The lowest BCUT2D eigenvalue weighted by Gasteiger charge is -2.12. The molecule has 0 aromatic rings. The van der Waals surface area contributed by atoms with Crippen molar-refractivity contribution < 1.29 is 5.11 Å². The molecule has 1 N–H and O–H groups in total. The summed E-state index contributed by atoms with van der Waals surface area (Å²) in [5.74, 6) is 0. The summed E-state index contributed by atoms with van der Waals surface area (Å²) in [7, 11) is 0. The molecule has 0 radical (unpaired) electrons. The molecule has 0 aromatic carbocycles. The molecule has 0 aliphatic carbocycles. The summed E-state index contributed by atoms with van der Waals surface area (Å²) >= 11 is 0. The van der Waals surface area contributed by atoms with Gasteiger partial charge in [0, 0.05) is 6.42 Å². The second-order valence-corrected chi connectivity index (χ2v) is 3.65. The van der Waals surface area contributed by atoms with Gasteiger partial charge in [0.15, 0.2) is 0 Å². The number of aliphatic hydroxyl groups excluding tert-OH is 1. The molecule has 0 aliphatic heterocycles. The summed E-state index contributed by atoms with van der Waals surface area (Å²) in [4.78, 5) is 0. The maximum Gasteiger partial charge on any atom is 0.0764 e. The van der Waals surface area contributed by atoms with Gasteiger partial charge in [0.2, 0.25) is 0 Å². The Balaban J connectivity index is 4.48. The molecular weight excluding hydrogens is 172 g/mol. The summed E-state index contributed by atoms with van der Waals surface area (Å²) in [6, 6.07) is 0. The van der Waals surface area contributed by atoms with Crippen LogP contribution in [0.15, 0.2) is 48.1 Å². The van der Waals surface area contributed by atoms with E-state index in [2.05, 4.69) is 13.2 Å². The molecule has 14 heavy (non-hydrogen) atoms. The third-order valence-corrected chi connectivity index (χ3v) is 2.00. The lowest BCUT2D eigenvalue weighted by atomic mass is 9.97. The van der Waals surface area contributed by atoms with Crippen molar-refractivity contribution in [1.29, 1.82) is 0 Å². The minimum Gasteiger partial charge on any atom is -0.389 e. The average Bonchev–Trinajstić information content (AvgIpc) is 2.09. The molecular formula is C13H20O. The van der Waals surface area contributed by atoms with Crippen LogP contribution in [0.1, 0.15) is 27.2 Å². The molecule has 1 heteroatoms. The Bertz CT molecular complexity index is 265. The van der Waals surface area contributed by atoms with Crippen molar-refractivity contribution in [3.63, 3.8) is 0 Å². The number of rotatable bonds is 5. The minimum absolute atomic E-state index is 0.449. The molecule has 0 rings (SSSR count). The van der Waals surface area contributed by atoms with Crippen molar-refractivity contribution >= 4 is 0 Å². The maximum absolute atomic E-state index is 9.64. The maximum atomic E-state index is 9.64. The average molecular weight is 192 g/mol. The van der Waals surface area contributed by atoms with Crippen molar-refractivity contribution in [2.24, 2.45) is 0 Å². The molecule has 0 spiro atoms. The Morgan fingerprint density at radius 2 is 1.93 bits per heavy atom. The van der Waals surface area contributed by atoms with Gasteiger partial charge in [-0.3, -0.25) is 0 Å². The van der Waals surface area contributed by atoms with Crippen LogP contribution in [-0.4, -0.2) is 11.2 Å². The minimum atomic E-state index is -0.449. The van der Waals surface area contributed by atoms with Crippen LogP contribution < -0.4 is 0 Å². The van der Waals surface area contributed by atoms with Crippen LogP contribution in [-0.2, 0) is 0 Å². The zero-order valence-corrected chi connectivity index (χ0v) is 9.38. The van der Waals surface area contributed by atoms with Crippen LogP contribution in [0, 0.1) is 0 Å². The van der Waals surface area contributed by atoms with Gasteiger partial charge < -0.3 is 5.11 Å². The van der Waals surface area contributed by atoms with Gasteiger partial charge in [-0.15, -0.1) is 0 Å². The number of hydrogen-bond donors (Lipinski definition) is 1. The summed E-state index contributed by atoms with van der Waals surface area (Å²) in [6.45, 7) is 13.5. The number of hydrogen-bond acceptors (Lipinski definition) is 1. The number of allylic oxidation sites excluding steroid dienone is 4. The molecule has 0 heterocycles.